The summed E-state index contributed by atoms with van der Waals surface area (Å²) in [5, 5.41) is 0. The maximum absolute atomic E-state index is 12.7. The van der Waals surface area contributed by atoms with Crippen molar-refractivity contribution in [2.45, 2.75) is 18.9 Å². The zero-order valence-corrected chi connectivity index (χ0v) is 15.9. The van der Waals surface area contributed by atoms with Gasteiger partial charge in [0.05, 0.1) is 6.04 Å². The van der Waals surface area contributed by atoms with Crippen molar-refractivity contribution < 1.29 is 14.3 Å². The van der Waals surface area contributed by atoms with E-state index >= 15 is 0 Å². The predicted octanol–water partition coefficient (Wildman–Crippen LogP) is 4.60. The Kier molecular flexibility index (Phi) is 4.98. The van der Waals surface area contributed by atoms with Crippen molar-refractivity contribution >= 4 is 27.9 Å². The lowest BCUT2D eigenvalue weighted by atomic mass is 10.0. The fourth-order valence-electron chi connectivity index (χ4n) is 3.48. The highest BCUT2D eigenvalue weighted by atomic mass is 79.9. The number of amides is 1. The number of fused-ring (bicyclic) bond motifs is 1. The van der Waals surface area contributed by atoms with Crippen LogP contribution in [0.5, 0.6) is 11.5 Å². The number of carbonyl (C=O) groups is 1. The van der Waals surface area contributed by atoms with Gasteiger partial charge in [-0.1, -0.05) is 34.1 Å². The van der Waals surface area contributed by atoms with Crippen molar-refractivity contribution in [2.24, 2.45) is 0 Å². The molecule has 1 saturated heterocycles. The first-order valence-electron chi connectivity index (χ1n) is 8.84. The molecule has 0 aromatic heterocycles. The monoisotopic (exact) mass is 413 g/mol. The number of nitrogens with zero attached hydrogens (tertiary/aromatic N) is 1. The smallest absolute Gasteiger partial charge is 0.247 e. The number of ether oxygens (including phenoxy) is 2. The quantitative estimate of drug-likeness (QED) is 0.690. The highest BCUT2D eigenvalue weighted by Crippen LogP contribution is 2.38. The Morgan fingerprint density at radius 2 is 1.85 bits per heavy atom. The molecular formula is C21H20BrNO3. The molecular weight excluding hydrogens is 394 g/mol. The molecule has 1 unspecified atom stereocenters. The number of hydrogen-bond acceptors (Lipinski definition) is 3. The summed E-state index contributed by atoms with van der Waals surface area (Å²) in [5.74, 6) is 1.61. The lowest BCUT2D eigenvalue weighted by molar-refractivity contribution is -0.126. The second-order valence-electron chi connectivity index (χ2n) is 6.48. The van der Waals surface area contributed by atoms with E-state index in [9.17, 15) is 4.79 Å². The summed E-state index contributed by atoms with van der Waals surface area (Å²) in [5.41, 5.74) is 2.12. The first-order valence-corrected chi connectivity index (χ1v) is 9.64. The molecule has 134 valence electrons. The van der Waals surface area contributed by atoms with E-state index in [0.717, 1.165) is 46.5 Å². The second-order valence-corrected chi connectivity index (χ2v) is 7.39. The van der Waals surface area contributed by atoms with E-state index in [1.807, 2.05) is 53.4 Å². The largest absolute Gasteiger partial charge is 0.486 e. The maximum atomic E-state index is 12.7. The Hall–Kier alpha value is -2.27. The van der Waals surface area contributed by atoms with Crippen LogP contribution in [0.3, 0.4) is 0 Å². The van der Waals surface area contributed by atoms with E-state index in [1.54, 1.807) is 6.08 Å². The van der Waals surface area contributed by atoms with Crippen LogP contribution in [0.1, 0.15) is 30.0 Å². The zero-order valence-electron chi connectivity index (χ0n) is 14.4. The molecule has 1 fully saturated rings. The Morgan fingerprint density at radius 3 is 2.65 bits per heavy atom. The highest BCUT2D eigenvalue weighted by Gasteiger charge is 2.29. The summed E-state index contributed by atoms with van der Waals surface area (Å²) in [6, 6.07) is 14.0. The normalized spacial score (nSPS) is 19.1. The van der Waals surface area contributed by atoms with Gasteiger partial charge in [-0.25, -0.2) is 0 Å². The molecule has 4 nitrogen and oxygen atoms in total. The number of likely N-dealkylation sites (tertiary alicyclic amines) is 1. The van der Waals surface area contributed by atoms with Crippen LogP contribution in [0, 0.1) is 0 Å². The third-order valence-electron chi connectivity index (χ3n) is 4.78. The summed E-state index contributed by atoms with van der Waals surface area (Å²) in [4.78, 5) is 14.7. The molecule has 0 radical (unpaired) electrons. The molecule has 0 saturated carbocycles. The molecule has 26 heavy (non-hydrogen) atoms. The topological polar surface area (TPSA) is 38.8 Å². The van der Waals surface area contributed by atoms with E-state index in [2.05, 4.69) is 15.9 Å². The third-order valence-corrected chi connectivity index (χ3v) is 5.30. The summed E-state index contributed by atoms with van der Waals surface area (Å²) in [6.45, 7) is 1.93. The van der Waals surface area contributed by atoms with Crippen LogP contribution in [-0.2, 0) is 4.79 Å². The number of carbonyl (C=O) groups excluding carboxylic acids is 1. The van der Waals surface area contributed by atoms with Gasteiger partial charge in [0.1, 0.15) is 13.2 Å². The number of halogens is 1. The molecule has 0 spiro atoms. The minimum atomic E-state index is 0.0466. The van der Waals surface area contributed by atoms with E-state index in [0.29, 0.717) is 13.2 Å². The van der Waals surface area contributed by atoms with Crippen LogP contribution in [0.2, 0.25) is 0 Å². The summed E-state index contributed by atoms with van der Waals surface area (Å²) in [6.07, 6.45) is 5.52. The van der Waals surface area contributed by atoms with Crippen molar-refractivity contribution in [3.63, 3.8) is 0 Å². The van der Waals surface area contributed by atoms with Crippen LogP contribution in [0.15, 0.2) is 53.0 Å². The Bertz CT molecular complexity index is 832. The van der Waals surface area contributed by atoms with Gasteiger partial charge in [-0.3, -0.25) is 4.79 Å². The number of hydrogen-bond donors (Lipinski definition) is 0. The zero-order chi connectivity index (χ0) is 17.9. The van der Waals surface area contributed by atoms with Crippen molar-refractivity contribution in [1.29, 1.82) is 0 Å². The molecule has 2 aromatic rings. The molecule has 2 aliphatic heterocycles. The van der Waals surface area contributed by atoms with E-state index in [4.69, 9.17) is 9.47 Å². The molecule has 0 bridgehead atoms. The molecule has 5 heteroatoms. The summed E-state index contributed by atoms with van der Waals surface area (Å²) >= 11 is 3.42. The average molecular weight is 414 g/mol. The SMILES string of the molecule is O=C(/C=C/c1ccc(Br)cc1)N1CCCC1c1ccc2c(c1)OCCO2. The third kappa shape index (κ3) is 3.63. The molecule has 2 aliphatic rings. The average Bonchev–Trinajstić information content (AvgIpc) is 3.17. The van der Waals surface area contributed by atoms with Crippen LogP contribution in [-0.4, -0.2) is 30.6 Å². The van der Waals surface area contributed by atoms with E-state index in [-0.39, 0.29) is 11.9 Å². The molecule has 1 amide bonds. The van der Waals surface area contributed by atoms with Crippen molar-refractivity contribution in [3.8, 4) is 11.5 Å². The van der Waals surface area contributed by atoms with Crippen molar-refractivity contribution in [3.05, 3.63) is 64.1 Å². The molecule has 0 aliphatic carbocycles. The van der Waals surface area contributed by atoms with Gasteiger partial charge in [-0.2, -0.15) is 0 Å². The van der Waals surface area contributed by atoms with Gasteiger partial charge in [0.25, 0.3) is 0 Å². The second kappa shape index (κ2) is 7.54. The lowest BCUT2D eigenvalue weighted by Crippen LogP contribution is -2.29. The van der Waals surface area contributed by atoms with Gasteiger partial charge in [0.15, 0.2) is 11.5 Å². The van der Waals surface area contributed by atoms with Gasteiger partial charge >= 0.3 is 0 Å². The Labute approximate surface area is 161 Å². The van der Waals surface area contributed by atoms with Crippen molar-refractivity contribution in [1.82, 2.24) is 4.90 Å². The van der Waals surface area contributed by atoms with Crippen LogP contribution in [0.4, 0.5) is 0 Å². The Balaban J connectivity index is 1.51. The van der Waals surface area contributed by atoms with Crippen molar-refractivity contribution in [2.75, 3.05) is 19.8 Å². The number of rotatable bonds is 3. The minimum Gasteiger partial charge on any atom is -0.486 e. The molecule has 2 heterocycles. The van der Waals surface area contributed by atoms with Crippen LogP contribution < -0.4 is 9.47 Å². The fraction of sp³-hybridized carbons (Fsp3) is 0.286. The van der Waals surface area contributed by atoms with Crippen LogP contribution in [0.25, 0.3) is 6.08 Å². The standard InChI is InChI=1S/C21H20BrNO3/c22-17-7-3-15(4-8-17)5-10-21(24)23-11-1-2-18(23)16-6-9-19-20(14-16)26-13-12-25-19/h3-10,14,18H,1-2,11-13H2/b10-5+. The highest BCUT2D eigenvalue weighted by molar-refractivity contribution is 9.10. The lowest BCUT2D eigenvalue weighted by Gasteiger charge is -2.26. The first-order chi connectivity index (χ1) is 12.7. The summed E-state index contributed by atoms with van der Waals surface area (Å²) in [7, 11) is 0. The van der Waals surface area contributed by atoms with Gasteiger partial charge < -0.3 is 14.4 Å². The molecule has 2 aromatic carbocycles. The minimum absolute atomic E-state index is 0.0466. The van der Waals surface area contributed by atoms with Gasteiger partial charge in [0.2, 0.25) is 5.91 Å². The van der Waals surface area contributed by atoms with E-state index < -0.39 is 0 Å². The molecule has 4 rings (SSSR count). The summed E-state index contributed by atoms with van der Waals surface area (Å²) < 4.78 is 12.3. The number of benzene rings is 2. The Morgan fingerprint density at radius 1 is 1.08 bits per heavy atom. The van der Waals surface area contributed by atoms with Crippen LogP contribution >= 0.6 is 15.9 Å². The molecule has 0 N–H and O–H groups in total. The predicted molar refractivity (Wildman–Crippen MR) is 104 cm³/mol. The molecule has 1 atom stereocenters. The first kappa shape index (κ1) is 17.2. The van der Waals surface area contributed by atoms with Gasteiger partial charge in [-0.05, 0) is 54.3 Å². The fourth-order valence-corrected chi connectivity index (χ4v) is 3.75. The van der Waals surface area contributed by atoms with E-state index in [1.165, 1.54) is 0 Å². The van der Waals surface area contributed by atoms with Gasteiger partial charge in [-0.15, -0.1) is 0 Å². The van der Waals surface area contributed by atoms with Gasteiger partial charge in [0, 0.05) is 17.1 Å². The maximum Gasteiger partial charge on any atom is 0.247 e.